The number of ether oxygens (including phenoxy) is 1. The van der Waals surface area contributed by atoms with Crippen LogP contribution in [0.1, 0.15) is 18.7 Å². The summed E-state index contributed by atoms with van der Waals surface area (Å²) in [6.45, 7) is 2.54. The van der Waals surface area contributed by atoms with E-state index >= 15 is 0 Å². The predicted molar refractivity (Wildman–Crippen MR) is 61.6 cm³/mol. The molecule has 0 aliphatic heterocycles. The van der Waals surface area contributed by atoms with E-state index in [9.17, 15) is 4.79 Å². The number of carboxylic acid groups (broad SMARTS) is 1. The number of rotatable bonds is 6. The van der Waals surface area contributed by atoms with E-state index in [0.29, 0.717) is 17.4 Å². The molecule has 1 aromatic rings. The number of anilines is 1. The number of aromatic nitrogens is 1. The van der Waals surface area contributed by atoms with Crippen LogP contribution in [0.4, 0.5) is 5.13 Å². The molecule has 0 fully saturated rings. The van der Waals surface area contributed by atoms with E-state index in [1.807, 2.05) is 6.92 Å². The van der Waals surface area contributed by atoms with Gasteiger partial charge in [-0.05, 0) is 6.92 Å². The standard InChI is InChI=1S/C9H15N3O3S/c1-5(15-2)3-11-9-12-6(4-16-9)7(10)8(13)14/h4-5,7H,3,10H2,1-2H3,(H,11,12)(H,13,14). The number of carboxylic acids is 1. The van der Waals surface area contributed by atoms with Gasteiger partial charge in [-0.1, -0.05) is 0 Å². The minimum atomic E-state index is -1.08. The molecule has 2 atom stereocenters. The Morgan fingerprint density at radius 2 is 2.50 bits per heavy atom. The van der Waals surface area contributed by atoms with E-state index in [2.05, 4.69) is 10.3 Å². The van der Waals surface area contributed by atoms with Crippen molar-refractivity contribution in [2.45, 2.75) is 19.1 Å². The maximum Gasteiger partial charge on any atom is 0.326 e. The first-order valence-electron chi connectivity index (χ1n) is 4.75. The van der Waals surface area contributed by atoms with Crippen LogP contribution in [0.2, 0.25) is 0 Å². The van der Waals surface area contributed by atoms with Crippen LogP contribution in [0.25, 0.3) is 0 Å². The first kappa shape index (κ1) is 12.9. The van der Waals surface area contributed by atoms with Gasteiger partial charge < -0.3 is 20.9 Å². The Bertz CT molecular complexity index is 356. The molecule has 1 heterocycles. The van der Waals surface area contributed by atoms with Gasteiger partial charge in [0.15, 0.2) is 5.13 Å². The fourth-order valence-electron chi connectivity index (χ4n) is 0.951. The van der Waals surface area contributed by atoms with Crippen LogP contribution in [0, 0.1) is 0 Å². The zero-order valence-corrected chi connectivity index (χ0v) is 9.95. The van der Waals surface area contributed by atoms with Gasteiger partial charge in [-0.3, -0.25) is 4.79 Å². The smallest absolute Gasteiger partial charge is 0.326 e. The van der Waals surface area contributed by atoms with Gasteiger partial charge in [-0.25, -0.2) is 4.98 Å². The van der Waals surface area contributed by atoms with Crippen molar-refractivity contribution in [3.05, 3.63) is 11.1 Å². The second-order valence-corrected chi connectivity index (χ2v) is 4.18. The number of aliphatic carboxylic acids is 1. The van der Waals surface area contributed by atoms with Gasteiger partial charge in [-0.2, -0.15) is 0 Å². The molecular formula is C9H15N3O3S. The Kier molecular flexibility index (Phi) is 4.66. The van der Waals surface area contributed by atoms with E-state index in [1.165, 1.54) is 11.3 Å². The third kappa shape index (κ3) is 3.44. The van der Waals surface area contributed by atoms with Gasteiger partial charge in [0.2, 0.25) is 0 Å². The van der Waals surface area contributed by atoms with Crippen LogP contribution in [0.15, 0.2) is 5.38 Å². The quantitative estimate of drug-likeness (QED) is 0.681. The molecule has 0 aromatic carbocycles. The lowest BCUT2D eigenvalue weighted by Gasteiger charge is -2.09. The summed E-state index contributed by atoms with van der Waals surface area (Å²) in [6, 6.07) is -1.06. The van der Waals surface area contributed by atoms with E-state index in [1.54, 1.807) is 12.5 Å². The van der Waals surface area contributed by atoms with Crippen LogP contribution in [0.5, 0.6) is 0 Å². The maximum atomic E-state index is 10.6. The molecule has 0 amide bonds. The summed E-state index contributed by atoms with van der Waals surface area (Å²) in [7, 11) is 1.62. The second kappa shape index (κ2) is 5.78. The first-order chi connectivity index (χ1) is 7.54. The highest BCUT2D eigenvalue weighted by molar-refractivity contribution is 7.13. The average Bonchev–Trinajstić information content (AvgIpc) is 2.73. The second-order valence-electron chi connectivity index (χ2n) is 3.32. The van der Waals surface area contributed by atoms with Crippen molar-refractivity contribution in [2.24, 2.45) is 5.73 Å². The molecule has 0 spiro atoms. The normalized spacial score (nSPS) is 14.4. The van der Waals surface area contributed by atoms with Crippen molar-refractivity contribution in [1.82, 2.24) is 4.98 Å². The van der Waals surface area contributed by atoms with Gasteiger partial charge in [-0.15, -0.1) is 11.3 Å². The monoisotopic (exact) mass is 245 g/mol. The summed E-state index contributed by atoms with van der Waals surface area (Å²) in [4.78, 5) is 14.7. The molecule has 1 aromatic heterocycles. The highest BCUT2D eigenvalue weighted by atomic mass is 32.1. The van der Waals surface area contributed by atoms with Crippen LogP contribution in [-0.2, 0) is 9.53 Å². The van der Waals surface area contributed by atoms with Gasteiger partial charge in [0.25, 0.3) is 0 Å². The van der Waals surface area contributed by atoms with E-state index in [4.69, 9.17) is 15.6 Å². The van der Waals surface area contributed by atoms with Crippen LogP contribution in [-0.4, -0.2) is 35.8 Å². The molecular weight excluding hydrogens is 230 g/mol. The summed E-state index contributed by atoms with van der Waals surface area (Å²) < 4.78 is 5.06. The SMILES string of the molecule is COC(C)CNc1nc(C(N)C(=O)O)cs1. The molecule has 6 nitrogen and oxygen atoms in total. The van der Waals surface area contributed by atoms with Crippen molar-refractivity contribution in [1.29, 1.82) is 0 Å². The number of carbonyl (C=O) groups is 1. The Morgan fingerprint density at radius 3 is 3.06 bits per heavy atom. The molecule has 0 radical (unpaired) electrons. The zero-order chi connectivity index (χ0) is 12.1. The lowest BCUT2D eigenvalue weighted by Crippen LogP contribution is -2.21. The van der Waals surface area contributed by atoms with Crippen molar-refractivity contribution in [3.63, 3.8) is 0 Å². The molecule has 4 N–H and O–H groups in total. The largest absolute Gasteiger partial charge is 0.480 e. The number of nitrogens with two attached hydrogens (primary N) is 1. The molecule has 0 aliphatic carbocycles. The third-order valence-corrected chi connectivity index (χ3v) is 2.87. The first-order valence-corrected chi connectivity index (χ1v) is 5.63. The fourth-order valence-corrected chi connectivity index (χ4v) is 1.71. The van der Waals surface area contributed by atoms with Gasteiger partial charge >= 0.3 is 5.97 Å². The molecule has 90 valence electrons. The molecule has 7 heteroatoms. The highest BCUT2D eigenvalue weighted by Crippen LogP contribution is 2.19. The summed E-state index contributed by atoms with van der Waals surface area (Å²) in [6.07, 6.45) is 0.0699. The summed E-state index contributed by atoms with van der Waals surface area (Å²) in [5, 5.41) is 14.0. The van der Waals surface area contributed by atoms with E-state index < -0.39 is 12.0 Å². The van der Waals surface area contributed by atoms with Crippen LogP contribution >= 0.6 is 11.3 Å². The predicted octanol–water partition coefficient (Wildman–Crippen LogP) is 0.674. The number of methoxy groups -OCH3 is 1. The Morgan fingerprint density at radius 1 is 1.81 bits per heavy atom. The van der Waals surface area contributed by atoms with Crippen LogP contribution in [0.3, 0.4) is 0 Å². The number of nitrogens with one attached hydrogen (secondary N) is 1. The summed E-state index contributed by atoms with van der Waals surface area (Å²) >= 11 is 1.33. The van der Waals surface area contributed by atoms with Gasteiger partial charge in [0.05, 0.1) is 11.8 Å². The van der Waals surface area contributed by atoms with Crippen LogP contribution < -0.4 is 11.1 Å². The van der Waals surface area contributed by atoms with Gasteiger partial charge in [0.1, 0.15) is 6.04 Å². The molecule has 1 rings (SSSR count). The topological polar surface area (TPSA) is 97.5 Å². The van der Waals surface area contributed by atoms with Crippen molar-refractivity contribution in [2.75, 3.05) is 19.0 Å². The molecule has 0 saturated carbocycles. The number of hydrogen-bond acceptors (Lipinski definition) is 6. The lowest BCUT2D eigenvalue weighted by atomic mass is 10.2. The number of thiazole rings is 1. The summed E-state index contributed by atoms with van der Waals surface area (Å²) in [5.41, 5.74) is 5.79. The minimum Gasteiger partial charge on any atom is -0.480 e. The van der Waals surface area contributed by atoms with E-state index in [-0.39, 0.29) is 6.10 Å². The Balaban J connectivity index is 2.55. The van der Waals surface area contributed by atoms with Gasteiger partial charge in [0, 0.05) is 19.0 Å². The highest BCUT2D eigenvalue weighted by Gasteiger charge is 2.17. The number of hydrogen-bond donors (Lipinski definition) is 3. The third-order valence-electron chi connectivity index (χ3n) is 2.05. The minimum absolute atomic E-state index is 0.0699. The Labute approximate surface area is 97.4 Å². The Hall–Kier alpha value is -1.18. The summed E-state index contributed by atoms with van der Waals surface area (Å²) in [5.74, 6) is -1.08. The zero-order valence-electron chi connectivity index (χ0n) is 9.14. The van der Waals surface area contributed by atoms with Crippen molar-refractivity contribution < 1.29 is 14.6 Å². The molecule has 0 saturated heterocycles. The number of nitrogens with zero attached hydrogens (tertiary/aromatic N) is 1. The van der Waals surface area contributed by atoms with Crippen molar-refractivity contribution >= 4 is 22.4 Å². The molecule has 0 aliphatic rings. The fraction of sp³-hybridized carbons (Fsp3) is 0.556. The molecule has 0 bridgehead atoms. The average molecular weight is 245 g/mol. The maximum absolute atomic E-state index is 10.6. The van der Waals surface area contributed by atoms with Crippen molar-refractivity contribution in [3.8, 4) is 0 Å². The lowest BCUT2D eigenvalue weighted by molar-refractivity contribution is -0.138. The van der Waals surface area contributed by atoms with E-state index in [0.717, 1.165) is 0 Å². The molecule has 16 heavy (non-hydrogen) atoms. The molecule has 2 unspecified atom stereocenters.